The van der Waals surface area contributed by atoms with Gasteiger partial charge in [0, 0.05) is 12.8 Å². The van der Waals surface area contributed by atoms with Crippen LogP contribution in [0.15, 0.2) is 12.2 Å². The first-order valence-corrected chi connectivity index (χ1v) is 25.5. The third-order valence-corrected chi connectivity index (χ3v) is 11.8. The van der Waals surface area contributed by atoms with Crippen LogP contribution in [-0.2, 0) is 14.3 Å². The lowest BCUT2D eigenvalue weighted by Crippen LogP contribution is -2.45. The summed E-state index contributed by atoms with van der Waals surface area (Å²) in [4.78, 5) is 24.4. The van der Waals surface area contributed by atoms with Gasteiger partial charge in [0.15, 0.2) is 0 Å². The molecule has 2 atom stereocenters. The molecule has 0 aliphatic carbocycles. The number of allylic oxidation sites excluding steroid dienone is 1. The summed E-state index contributed by atoms with van der Waals surface area (Å²) in [7, 11) is 0. The molecule has 0 spiro atoms. The van der Waals surface area contributed by atoms with E-state index in [0.29, 0.717) is 19.4 Å². The van der Waals surface area contributed by atoms with Gasteiger partial charge >= 0.3 is 5.97 Å². The van der Waals surface area contributed by atoms with Gasteiger partial charge < -0.3 is 20.3 Å². The van der Waals surface area contributed by atoms with Crippen molar-refractivity contribution in [2.24, 2.45) is 0 Å². The first-order chi connectivity index (χ1) is 28.0. The van der Waals surface area contributed by atoms with Crippen LogP contribution in [0.2, 0.25) is 0 Å². The molecule has 3 N–H and O–H groups in total. The maximum Gasteiger partial charge on any atom is 0.305 e. The predicted molar refractivity (Wildman–Crippen MR) is 246 cm³/mol. The number of rotatable bonds is 47. The van der Waals surface area contributed by atoms with Crippen LogP contribution < -0.4 is 5.32 Å². The molecule has 57 heavy (non-hydrogen) atoms. The highest BCUT2D eigenvalue weighted by Crippen LogP contribution is 2.16. The van der Waals surface area contributed by atoms with Gasteiger partial charge in [0.05, 0.1) is 25.4 Å². The maximum atomic E-state index is 12.4. The van der Waals surface area contributed by atoms with Crippen LogP contribution in [0.5, 0.6) is 0 Å². The van der Waals surface area contributed by atoms with Crippen LogP contribution in [-0.4, -0.2) is 47.4 Å². The summed E-state index contributed by atoms with van der Waals surface area (Å²) >= 11 is 0. The van der Waals surface area contributed by atoms with Gasteiger partial charge in [-0.3, -0.25) is 9.59 Å². The molecule has 0 aromatic heterocycles. The molecule has 1 amide bonds. The van der Waals surface area contributed by atoms with Gasteiger partial charge in [-0.25, -0.2) is 0 Å². The highest BCUT2D eigenvalue weighted by atomic mass is 16.5. The van der Waals surface area contributed by atoms with Crippen molar-refractivity contribution in [2.45, 2.75) is 289 Å². The number of esters is 1. The van der Waals surface area contributed by atoms with E-state index in [-0.39, 0.29) is 18.5 Å². The SMILES string of the molecule is CCCCCCCCC/C=C/C(O)C(CO)NC(=O)CCCCCCCCCCCCCCCCCCOC(=O)CCCCCCCCCCCCCCCCC. The second-order valence-corrected chi connectivity index (χ2v) is 17.5. The Morgan fingerprint density at radius 3 is 1.19 bits per heavy atom. The number of hydrogen-bond donors (Lipinski definition) is 3. The summed E-state index contributed by atoms with van der Waals surface area (Å²) in [5.41, 5.74) is 0. The molecule has 6 nitrogen and oxygen atoms in total. The smallest absolute Gasteiger partial charge is 0.305 e. The first kappa shape index (κ1) is 55.6. The van der Waals surface area contributed by atoms with Gasteiger partial charge in [0.25, 0.3) is 0 Å². The number of aliphatic hydroxyl groups is 2. The number of ether oxygens (including phenoxy) is 1. The van der Waals surface area contributed by atoms with Crippen LogP contribution in [0.3, 0.4) is 0 Å². The predicted octanol–water partition coefficient (Wildman–Crippen LogP) is 15.0. The number of carbonyl (C=O) groups excluding carboxylic acids is 2. The van der Waals surface area contributed by atoms with Crippen molar-refractivity contribution in [1.29, 1.82) is 0 Å². The Balaban J connectivity index is 3.40. The lowest BCUT2D eigenvalue weighted by Gasteiger charge is -2.20. The fourth-order valence-electron chi connectivity index (χ4n) is 7.87. The molecule has 2 unspecified atom stereocenters. The molecule has 0 aromatic rings. The largest absolute Gasteiger partial charge is 0.466 e. The molecule has 0 aromatic carbocycles. The van der Waals surface area contributed by atoms with E-state index in [9.17, 15) is 19.8 Å². The minimum atomic E-state index is -0.845. The van der Waals surface area contributed by atoms with Crippen molar-refractivity contribution in [2.75, 3.05) is 13.2 Å². The summed E-state index contributed by atoms with van der Waals surface area (Å²) in [5.74, 6) is -0.0723. The summed E-state index contributed by atoms with van der Waals surface area (Å²) in [6.07, 6.45) is 53.6. The van der Waals surface area contributed by atoms with E-state index in [1.165, 1.54) is 205 Å². The summed E-state index contributed by atoms with van der Waals surface area (Å²) in [6, 6.07) is -0.629. The van der Waals surface area contributed by atoms with E-state index >= 15 is 0 Å². The standard InChI is InChI=1S/C51H99NO5/c1-3-5-7-9-11-13-14-15-18-22-25-29-33-37-41-45-51(56)57-46-42-38-34-30-26-23-20-17-16-19-21-24-28-32-36-40-44-50(55)52-48(47-53)49(54)43-39-35-31-27-12-10-8-6-4-2/h39,43,48-49,53-54H,3-38,40-42,44-47H2,1-2H3,(H,52,55)/b43-39+. The normalized spacial score (nSPS) is 12.7. The Kier molecular flexibility index (Phi) is 46.1. The van der Waals surface area contributed by atoms with E-state index < -0.39 is 12.1 Å². The lowest BCUT2D eigenvalue weighted by molar-refractivity contribution is -0.143. The molecule has 0 saturated heterocycles. The van der Waals surface area contributed by atoms with E-state index in [2.05, 4.69) is 19.2 Å². The Morgan fingerprint density at radius 2 is 0.807 bits per heavy atom. The summed E-state index contributed by atoms with van der Waals surface area (Å²) < 4.78 is 5.47. The minimum absolute atomic E-state index is 0.00468. The molecule has 0 saturated carbocycles. The number of hydrogen-bond acceptors (Lipinski definition) is 5. The maximum absolute atomic E-state index is 12.4. The molecule has 0 aliphatic heterocycles. The van der Waals surface area contributed by atoms with Gasteiger partial charge in [-0.05, 0) is 32.1 Å². The lowest BCUT2D eigenvalue weighted by atomic mass is 10.0. The zero-order chi connectivity index (χ0) is 41.5. The molecule has 6 heteroatoms. The molecule has 0 rings (SSSR count). The second kappa shape index (κ2) is 47.3. The average molecular weight is 806 g/mol. The quantitative estimate of drug-likeness (QED) is 0.0323. The fraction of sp³-hybridized carbons (Fsp3) is 0.922. The van der Waals surface area contributed by atoms with E-state index in [0.717, 1.165) is 44.9 Å². The topological polar surface area (TPSA) is 95.9 Å². The zero-order valence-corrected chi connectivity index (χ0v) is 38.3. The van der Waals surface area contributed by atoms with Crippen LogP contribution in [0.1, 0.15) is 277 Å². The first-order valence-electron chi connectivity index (χ1n) is 25.5. The van der Waals surface area contributed by atoms with Crippen LogP contribution in [0.4, 0.5) is 0 Å². The molecule has 0 aliphatic rings. The number of aliphatic hydroxyl groups excluding tert-OH is 2. The number of amides is 1. The van der Waals surface area contributed by atoms with Crippen molar-refractivity contribution in [3.63, 3.8) is 0 Å². The minimum Gasteiger partial charge on any atom is -0.466 e. The summed E-state index contributed by atoms with van der Waals surface area (Å²) in [5, 5.41) is 22.9. The van der Waals surface area contributed by atoms with Crippen molar-refractivity contribution < 1.29 is 24.5 Å². The summed E-state index contributed by atoms with van der Waals surface area (Å²) in [6.45, 7) is 4.87. The highest BCUT2D eigenvalue weighted by Gasteiger charge is 2.18. The van der Waals surface area contributed by atoms with E-state index in [1.807, 2.05) is 6.08 Å². The van der Waals surface area contributed by atoms with Crippen LogP contribution >= 0.6 is 0 Å². The molecule has 338 valence electrons. The van der Waals surface area contributed by atoms with Gasteiger partial charge in [-0.1, -0.05) is 244 Å². The van der Waals surface area contributed by atoms with Gasteiger partial charge in [0.1, 0.15) is 0 Å². The number of carbonyl (C=O) groups is 2. The third-order valence-electron chi connectivity index (χ3n) is 11.8. The Bertz CT molecular complexity index is 847. The average Bonchev–Trinajstić information content (AvgIpc) is 3.21. The fourth-order valence-corrected chi connectivity index (χ4v) is 7.87. The van der Waals surface area contributed by atoms with Crippen molar-refractivity contribution >= 4 is 11.9 Å². The third kappa shape index (κ3) is 44.0. The molecule has 0 bridgehead atoms. The van der Waals surface area contributed by atoms with Crippen LogP contribution in [0.25, 0.3) is 0 Å². The molecule has 0 heterocycles. The Labute approximate surface area is 355 Å². The van der Waals surface area contributed by atoms with Crippen molar-refractivity contribution in [1.82, 2.24) is 5.32 Å². The monoisotopic (exact) mass is 806 g/mol. The van der Waals surface area contributed by atoms with Crippen LogP contribution in [0, 0.1) is 0 Å². The molecular weight excluding hydrogens is 707 g/mol. The van der Waals surface area contributed by atoms with E-state index in [4.69, 9.17) is 4.74 Å². The Hall–Kier alpha value is -1.40. The molecular formula is C51H99NO5. The molecule has 0 fully saturated rings. The molecule has 0 radical (unpaired) electrons. The zero-order valence-electron chi connectivity index (χ0n) is 38.3. The van der Waals surface area contributed by atoms with E-state index in [1.54, 1.807) is 6.08 Å². The number of unbranched alkanes of at least 4 members (excludes halogenated alkanes) is 36. The van der Waals surface area contributed by atoms with Crippen molar-refractivity contribution in [3.05, 3.63) is 12.2 Å². The Morgan fingerprint density at radius 1 is 0.474 bits per heavy atom. The van der Waals surface area contributed by atoms with Crippen molar-refractivity contribution in [3.8, 4) is 0 Å². The number of nitrogens with one attached hydrogen (secondary N) is 1. The van der Waals surface area contributed by atoms with Gasteiger partial charge in [0.2, 0.25) is 5.91 Å². The van der Waals surface area contributed by atoms with Gasteiger partial charge in [-0.2, -0.15) is 0 Å². The second-order valence-electron chi connectivity index (χ2n) is 17.5. The highest BCUT2D eigenvalue weighted by molar-refractivity contribution is 5.76. The van der Waals surface area contributed by atoms with Gasteiger partial charge in [-0.15, -0.1) is 0 Å².